The Hall–Kier alpha value is -4.07. The van der Waals surface area contributed by atoms with Gasteiger partial charge >= 0.3 is 6.18 Å². The number of carbonyl (C=O) groups excluding carboxylic acids is 1. The lowest BCUT2D eigenvalue weighted by atomic mass is 9.96. The predicted molar refractivity (Wildman–Crippen MR) is 138 cm³/mol. The maximum atomic E-state index is 13.9. The molecule has 8 heteroatoms. The van der Waals surface area contributed by atoms with E-state index in [-0.39, 0.29) is 5.91 Å². The molecular formula is C29H26F3N3O2. The Morgan fingerprint density at radius 2 is 1.62 bits per heavy atom. The van der Waals surface area contributed by atoms with E-state index in [1.807, 2.05) is 60.4 Å². The molecule has 1 aliphatic rings. The average molecular weight is 506 g/mol. The smallest absolute Gasteiger partial charge is 0.416 e. The van der Waals surface area contributed by atoms with Crippen LogP contribution in [0.4, 0.5) is 18.9 Å². The van der Waals surface area contributed by atoms with Gasteiger partial charge in [0, 0.05) is 42.8 Å². The van der Waals surface area contributed by atoms with E-state index < -0.39 is 11.7 Å². The molecule has 37 heavy (non-hydrogen) atoms. The van der Waals surface area contributed by atoms with Crippen molar-refractivity contribution in [2.45, 2.75) is 13.1 Å². The van der Waals surface area contributed by atoms with Gasteiger partial charge in [-0.15, -0.1) is 0 Å². The Bertz CT molecular complexity index is 1440. The fraction of sp³-hybridized carbons (Fsp3) is 0.241. The Morgan fingerprint density at radius 1 is 0.919 bits per heavy atom. The molecule has 0 aliphatic carbocycles. The van der Waals surface area contributed by atoms with Crippen LogP contribution in [-0.4, -0.2) is 49.1 Å². The van der Waals surface area contributed by atoms with Gasteiger partial charge in [0.1, 0.15) is 5.75 Å². The molecule has 0 bridgehead atoms. The molecule has 2 heterocycles. The summed E-state index contributed by atoms with van der Waals surface area (Å²) in [6, 6.07) is 20.5. The number of carbonyl (C=O) groups is 1. The van der Waals surface area contributed by atoms with Crippen molar-refractivity contribution in [2.24, 2.45) is 0 Å². The molecule has 190 valence electrons. The second kappa shape index (κ2) is 9.76. The first-order chi connectivity index (χ1) is 17.8. The second-order valence-corrected chi connectivity index (χ2v) is 9.03. The van der Waals surface area contributed by atoms with E-state index in [0.29, 0.717) is 37.4 Å². The van der Waals surface area contributed by atoms with Gasteiger partial charge in [-0.3, -0.25) is 4.79 Å². The normalized spacial score (nSPS) is 14.2. The maximum absolute atomic E-state index is 13.9. The highest BCUT2D eigenvalue weighted by atomic mass is 19.4. The minimum atomic E-state index is -4.39. The lowest BCUT2D eigenvalue weighted by Crippen LogP contribution is -2.49. The first kappa shape index (κ1) is 24.6. The van der Waals surface area contributed by atoms with Crippen LogP contribution in [0.2, 0.25) is 0 Å². The third-order valence-corrected chi connectivity index (χ3v) is 6.82. The van der Waals surface area contributed by atoms with E-state index in [9.17, 15) is 18.0 Å². The number of pyridine rings is 1. The van der Waals surface area contributed by atoms with Gasteiger partial charge in [-0.2, -0.15) is 13.2 Å². The van der Waals surface area contributed by atoms with Crippen molar-refractivity contribution in [1.82, 2.24) is 9.88 Å². The molecule has 5 rings (SSSR count). The highest BCUT2D eigenvalue weighted by molar-refractivity contribution is 6.09. The molecule has 5 nitrogen and oxygen atoms in total. The number of hydrogen-bond donors (Lipinski definition) is 0. The number of halogens is 3. The summed E-state index contributed by atoms with van der Waals surface area (Å²) in [6.45, 7) is 3.61. The van der Waals surface area contributed by atoms with Gasteiger partial charge in [-0.05, 0) is 61.0 Å². The molecule has 0 spiro atoms. The quantitative estimate of drug-likeness (QED) is 0.331. The third kappa shape index (κ3) is 4.83. The first-order valence-corrected chi connectivity index (χ1v) is 12.0. The standard InChI is InChI=1S/C29H26F3N3O2/c1-19-26(24-8-3-4-9-25(24)33-27(19)20-10-12-23(37-2)13-11-20)28(36)35-16-14-34(15-17-35)22-7-5-6-21(18-22)29(30,31)32/h3-13,18H,14-17H2,1-2H3. The molecule has 1 fully saturated rings. The Morgan fingerprint density at radius 3 is 2.30 bits per heavy atom. The van der Waals surface area contributed by atoms with Crippen molar-refractivity contribution >= 4 is 22.5 Å². The summed E-state index contributed by atoms with van der Waals surface area (Å²) in [4.78, 5) is 22.4. The number of para-hydroxylation sites is 1. The summed E-state index contributed by atoms with van der Waals surface area (Å²) >= 11 is 0. The summed E-state index contributed by atoms with van der Waals surface area (Å²) < 4.78 is 44.8. The predicted octanol–water partition coefficient (Wildman–Crippen LogP) is 6.20. The van der Waals surface area contributed by atoms with Crippen LogP contribution < -0.4 is 9.64 Å². The van der Waals surface area contributed by atoms with Crippen molar-refractivity contribution in [1.29, 1.82) is 0 Å². The Kier molecular flexibility index (Phi) is 6.50. The summed E-state index contributed by atoms with van der Waals surface area (Å²) in [5.41, 5.74) is 3.56. The van der Waals surface area contributed by atoms with Gasteiger partial charge in [-0.25, -0.2) is 4.98 Å². The lowest BCUT2D eigenvalue weighted by molar-refractivity contribution is -0.137. The first-order valence-electron chi connectivity index (χ1n) is 12.0. The second-order valence-electron chi connectivity index (χ2n) is 9.03. The van der Waals surface area contributed by atoms with Crippen LogP contribution in [-0.2, 0) is 6.18 Å². The fourth-order valence-corrected chi connectivity index (χ4v) is 4.82. The number of rotatable bonds is 4. The number of fused-ring (bicyclic) bond motifs is 1. The van der Waals surface area contributed by atoms with Crippen LogP contribution in [0.5, 0.6) is 5.75 Å². The van der Waals surface area contributed by atoms with E-state index in [1.54, 1.807) is 18.1 Å². The molecule has 1 saturated heterocycles. The number of anilines is 1. The zero-order valence-electron chi connectivity index (χ0n) is 20.5. The molecule has 0 atom stereocenters. The van der Waals surface area contributed by atoms with Crippen LogP contribution in [0.25, 0.3) is 22.2 Å². The molecular weight excluding hydrogens is 479 g/mol. The summed E-state index contributed by atoms with van der Waals surface area (Å²) in [6.07, 6.45) is -4.39. The van der Waals surface area contributed by atoms with Gasteiger partial charge < -0.3 is 14.5 Å². The molecule has 1 amide bonds. The highest BCUT2D eigenvalue weighted by Gasteiger charge is 2.32. The molecule has 0 radical (unpaired) electrons. The zero-order chi connectivity index (χ0) is 26.2. The summed E-state index contributed by atoms with van der Waals surface area (Å²) in [7, 11) is 1.61. The van der Waals surface area contributed by atoms with Gasteiger partial charge in [0.25, 0.3) is 5.91 Å². The molecule has 1 aromatic heterocycles. The highest BCUT2D eigenvalue weighted by Crippen LogP contribution is 2.33. The number of nitrogens with zero attached hydrogens (tertiary/aromatic N) is 3. The van der Waals surface area contributed by atoms with Gasteiger partial charge in [-0.1, -0.05) is 24.3 Å². The largest absolute Gasteiger partial charge is 0.497 e. The van der Waals surface area contributed by atoms with E-state index in [0.717, 1.165) is 39.5 Å². The molecule has 0 unspecified atom stereocenters. The van der Waals surface area contributed by atoms with Crippen molar-refractivity contribution in [3.05, 3.63) is 89.5 Å². The number of aromatic nitrogens is 1. The van der Waals surface area contributed by atoms with Gasteiger partial charge in [0.15, 0.2) is 0 Å². The van der Waals surface area contributed by atoms with Crippen molar-refractivity contribution in [3.8, 4) is 17.0 Å². The summed E-state index contributed by atoms with van der Waals surface area (Å²) in [5, 5.41) is 0.780. The topological polar surface area (TPSA) is 45.7 Å². The van der Waals surface area contributed by atoms with Gasteiger partial charge in [0.2, 0.25) is 0 Å². The number of amides is 1. The van der Waals surface area contributed by atoms with E-state index in [1.165, 1.54) is 12.1 Å². The van der Waals surface area contributed by atoms with Crippen molar-refractivity contribution < 1.29 is 22.7 Å². The monoisotopic (exact) mass is 505 g/mol. The number of benzene rings is 3. The van der Waals surface area contributed by atoms with Crippen LogP contribution in [0.15, 0.2) is 72.8 Å². The van der Waals surface area contributed by atoms with E-state index >= 15 is 0 Å². The third-order valence-electron chi connectivity index (χ3n) is 6.82. The molecule has 0 N–H and O–H groups in total. The van der Waals surface area contributed by atoms with Crippen molar-refractivity contribution in [2.75, 3.05) is 38.2 Å². The average Bonchev–Trinajstić information content (AvgIpc) is 2.92. The van der Waals surface area contributed by atoms with Gasteiger partial charge in [0.05, 0.1) is 29.4 Å². The Labute approximate surface area is 213 Å². The Balaban J connectivity index is 1.44. The minimum Gasteiger partial charge on any atom is -0.497 e. The number of alkyl halides is 3. The van der Waals surface area contributed by atoms with Crippen LogP contribution >= 0.6 is 0 Å². The van der Waals surface area contributed by atoms with Crippen LogP contribution in [0, 0.1) is 6.92 Å². The fourth-order valence-electron chi connectivity index (χ4n) is 4.82. The molecule has 0 saturated carbocycles. The van der Waals surface area contributed by atoms with Crippen LogP contribution in [0.3, 0.4) is 0 Å². The zero-order valence-corrected chi connectivity index (χ0v) is 20.5. The summed E-state index contributed by atoms with van der Waals surface area (Å²) in [5.74, 6) is 0.631. The molecule has 3 aromatic carbocycles. The molecule has 1 aliphatic heterocycles. The lowest BCUT2D eigenvalue weighted by Gasteiger charge is -2.36. The van der Waals surface area contributed by atoms with E-state index in [2.05, 4.69) is 0 Å². The number of ether oxygens (including phenoxy) is 1. The SMILES string of the molecule is COc1ccc(-c2nc3ccccc3c(C(=O)N3CCN(c4cccc(C(F)(F)F)c4)CC3)c2C)cc1. The number of hydrogen-bond acceptors (Lipinski definition) is 4. The maximum Gasteiger partial charge on any atom is 0.416 e. The minimum absolute atomic E-state index is 0.102. The molecule has 4 aromatic rings. The number of methoxy groups -OCH3 is 1. The van der Waals surface area contributed by atoms with Crippen molar-refractivity contribution in [3.63, 3.8) is 0 Å². The van der Waals surface area contributed by atoms with Crippen LogP contribution in [0.1, 0.15) is 21.5 Å². The van der Waals surface area contributed by atoms with E-state index in [4.69, 9.17) is 9.72 Å². The number of piperazine rings is 1.